The molecule has 5 N–H and O–H groups in total. The Kier molecular flexibility index (Phi) is 9.82. The molecule has 10 nitrogen and oxygen atoms in total. The molecular weight excluding hydrogens is 516 g/mol. The lowest BCUT2D eigenvalue weighted by atomic mass is 10.1. The van der Waals surface area contributed by atoms with Crippen molar-refractivity contribution in [3.8, 4) is 22.9 Å². The number of methoxy groups -OCH3 is 1. The monoisotopic (exact) mass is 558 g/mol. The molecule has 1 aromatic heterocycles. The number of ether oxygens (including phenoxy) is 2. The van der Waals surface area contributed by atoms with E-state index < -0.39 is 0 Å². The predicted molar refractivity (Wildman–Crippen MR) is 169 cm³/mol. The first-order valence-corrected chi connectivity index (χ1v) is 13.7. The third-order valence-electron chi connectivity index (χ3n) is 7.22. The van der Waals surface area contributed by atoms with Gasteiger partial charge in [0.1, 0.15) is 12.4 Å². The van der Waals surface area contributed by atoms with Crippen molar-refractivity contribution in [2.75, 3.05) is 71.1 Å². The number of fused-ring (bicyclic) bond motifs is 1. The molecule has 1 atom stereocenters. The minimum atomic E-state index is 0.447. The molecule has 1 heterocycles. The SMILES string of the molecule is CNc1cccc(-c2nc(Nc3ccc(NN)c(C)c3)c3cc(OCCN(C)CC(C)N(C)C)c(OC)cc3n2)c1. The lowest BCUT2D eigenvalue weighted by Gasteiger charge is -2.26. The Morgan fingerprint density at radius 3 is 2.46 bits per heavy atom. The number of benzene rings is 3. The van der Waals surface area contributed by atoms with Crippen LogP contribution in [0.3, 0.4) is 0 Å². The number of aromatic nitrogens is 2. The Labute approximate surface area is 242 Å². The topological polar surface area (TPSA) is 113 Å². The van der Waals surface area contributed by atoms with Gasteiger partial charge in [-0.25, -0.2) is 9.97 Å². The molecular formula is C31H42N8O2. The van der Waals surface area contributed by atoms with Crippen molar-refractivity contribution in [2.45, 2.75) is 19.9 Å². The summed E-state index contributed by atoms with van der Waals surface area (Å²) in [6.45, 7) is 6.46. The van der Waals surface area contributed by atoms with Gasteiger partial charge in [-0.1, -0.05) is 12.1 Å². The molecule has 0 saturated heterocycles. The molecule has 0 bridgehead atoms. The van der Waals surface area contributed by atoms with Crippen molar-refractivity contribution in [1.29, 1.82) is 0 Å². The maximum Gasteiger partial charge on any atom is 0.162 e. The van der Waals surface area contributed by atoms with Gasteiger partial charge in [0.05, 0.1) is 18.3 Å². The van der Waals surface area contributed by atoms with Gasteiger partial charge in [0.15, 0.2) is 17.3 Å². The second-order valence-corrected chi connectivity index (χ2v) is 10.5. The van der Waals surface area contributed by atoms with Crippen molar-refractivity contribution < 1.29 is 9.47 Å². The third kappa shape index (κ3) is 7.35. The summed E-state index contributed by atoms with van der Waals surface area (Å²) in [7, 11) is 9.83. The highest BCUT2D eigenvalue weighted by Crippen LogP contribution is 2.37. The first kappa shape index (κ1) is 29.9. The normalized spacial score (nSPS) is 12.0. The minimum absolute atomic E-state index is 0.447. The van der Waals surface area contributed by atoms with E-state index in [2.05, 4.69) is 53.9 Å². The molecule has 3 aromatic carbocycles. The Hall–Kier alpha value is -4.12. The molecule has 0 saturated carbocycles. The number of nitrogen functional groups attached to an aromatic ring is 1. The number of anilines is 4. The molecule has 0 radical (unpaired) electrons. The van der Waals surface area contributed by atoms with Crippen molar-refractivity contribution in [3.05, 3.63) is 60.2 Å². The van der Waals surface area contributed by atoms with Gasteiger partial charge in [-0.05, 0) is 77.0 Å². The molecule has 4 aromatic rings. The highest BCUT2D eigenvalue weighted by molar-refractivity contribution is 5.94. The number of rotatable bonds is 13. The van der Waals surface area contributed by atoms with E-state index in [4.69, 9.17) is 25.3 Å². The second kappa shape index (κ2) is 13.5. The number of nitrogens with zero attached hydrogens (tertiary/aromatic N) is 4. The lowest BCUT2D eigenvalue weighted by Crippen LogP contribution is -2.38. The van der Waals surface area contributed by atoms with Gasteiger partial charge < -0.3 is 35.3 Å². The Bertz CT molecular complexity index is 1480. The van der Waals surface area contributed by atoms with E-state index in [1.54, 1.807) is 7.11 Å². The van der Waals surface area contributed by atoms with Crippen LogP contribution in [0.25, 0.3) is 22.3 Å². The highest BCUT2D eigenvalue weighted by atomic mass is 16.5. The van der Waals surface area contributed by atoms with E-state index in [1.807, 2.05) is 68.6 Å². The lowest BCUT2D eigenvalue weighted by molar-refractivity contribution is 0.187. The van der Waals surface area contributed by atoms with Gasteiger partial charge in [0.25, 0.3) is 0 Å². The van der Waals surface area contributed by atoms with Crippen LogP contribution >= 0.6 is 0 Å². The van der Waals surface area contributed by atoms with Crippen molar-refractivity contribution in [1.82, 2.24) is 19.8 Å². The van der Waals surface area contributed by atoms with Crippen LogP contribution in [0.5, 0.6) is 11.5 Å². The third-order valence-corrected chi connectivity index (χ3v) is 7.22. The van der Waals surface area contributed by atoms with Crippen LogP contribution in [-0.2, 0) is 0 Å². The zero-order valence-electron chi connectivity index (χ0n) is 25.1. The number of hydrogen-bond donors (Lipinski definition) is 4. The molecule has 218 valence electrons. The summed E-state index contributed by atoms with van der Waals surface area (Å²) in [5, 5.41) is 7.51. The Morgan fingerprint density at radius 1 is 0.976 bits per heavy atom. The smallest absolute Gasteiger partial charge is 0.162 e. The summed E-state index contributed by atoms with van der Waals surface area (Å²) in [6.07, 6.45) is 0. The largest absolute Gasteiger partial charge is 0.493 e. The molecule has 0 spiro atoms. The standard InChI is InChI=1S/C31H42N8O2/c1-20-15-24(11-12-26(20)37-32)34-31-25-17-29(41-14-13-39(6)19-21(2)38(4)5)28(40-7)18-27(25)35-30(36-31)22-9-8-10-23(16-22)33-3/h8-12,15-18,21,33,37H,13-14,19,32H2,1-7H3,(H,34,35,36). The molecule has 0 amide bonds. The summed E-state index contributed by atoms with van der Waals surface area (Å²) < 4.78 is 12.0. The van der Waals surface area contributed by atoms with E-state index in [0.717, 1.165) is 52.2 Å². The van der Waals surface area contributed by atoms with Crippen LogP contribution in [0.1, 0.15) is 12.5 Å². The summed E-state index contributed by atoms with van der Waals surface area (Å²) in [6, 6.07) is 18.2. The summed E-state index contributed by atoms with van der Waals surface area (Å²) in [4.78, 5) is 14.4. The second-order valence-electron chi connectivity index (χ2n) is 10.5. The number of hydrogen-bond acceptors (Lipinski definition) is 10. The van der Waals surface area contributed by atoms with E-state index in [0.29, 0.717) is 35.8 Å². The van der Waals surface area contributed by atoms with Gasteiger partial charge >= 0.3 is 0 Å². The minimum Gasteiger partial charge on any atom is -0.493 e. The van der Waals surface area contributed by atoms with Crippen LogP contribution < -0.4 is 31.4 Å². The molecule has 0 fully saturated rings. The molecule has 0 aliphatic carbocycles. The van der Waals surface area contributed by atoms with Crippen LogP contribution in [0.15, 0.2) is 54.6 Å². The molecule has 10 heteroatoms. The summed E-state index contributed by atoms with van der Waals surface area (Å²) in [5.74, 6) is 8.17. The highest BCUT2D eigenvalue weighted by Gasteiger charge is 2.16. The Balaban J connectivity index is 1.72. The van der Waals surface area contributed by atoms with Gasteiger partial charge in [0, 0.05) is 54.6 Å². The first-order chi connectivity index (χ1) is 19.7. The fourth-order valence-electron chi connectivity index (χ4n) is 4.50. The fraction of sp³-hybridized carbons (Fsp3) is 0.355. The van der Waals surface area contributed by atoms with Gasteiger partial charge in [0.2, 0.25) is 0 Å². The molecule has 4 rings (SSSR count). The average Bonchev–Trinajstić information content (AvgIpc) is 2.96. The van der Waals surface area contributed by atoms with Crippen molar-refractivity contribution in [3.63, 3.8) is 0 Å². The quantitative estimate of drug-likeness (QED) is 0.133. The van der Waals surface area contributed by atoms with E-state index >= 15 is 0 Å². The Morgan fingerprint density at radius 2 is 1.78 bits per heavy atom. The average molecular weight is 559 g/mol. The van der Waals surface area contributed by atoms with E-state index in [9.17, 15) is 0 Å². The maximum absolute atomic E-state index is 6.25. The van der Waals surface area contributed by atoms with Crippen LogP contribution in [0, 0.1) is 6.92 Å². The molecule has 41 heavy (non-hydrogen) atoms. The molecule has 1 unspecified atom stereocenters. The number of aryl methyl sites for hydroxylation is 1. The predicted octanol–water partition coefficient (Wildman–Crippen LogP) is 4.95. The van der Waals surface area contributed by atoms with Crippen LogP contribution in [0.4, 0.5) is 22.9 Å². The molecule has 0 aliphatic heterocycles. The summed E-state index contributed by atoms with van der Waals surface area (Å²) in [5.41, 5.74) is 8.09. The zero-order valence-corrected chi connectivity index (χ0v) is 25.1. The van der Waals surface area contributed by atoms with Crippen molar-refractivity contribution >= 4 is 33.8 Å². The van der Waals surface area contributed by atoms with Gasteiger partial charge in [-0.15, -0.1) is 0 Å². The number of nitrogens with two attached hydrogens (primary N) is 1. The van der Waals surface area contributed by atoms with Crippen LogP contribution in [-0.4, -0.2) is 80.8 Å². The number of likely N-dealkylation sites (N-methyl/N-ethyl adjacent to an activating group) is 2. The first-order valence-electron chi connectivity index (χ1n) is 13.7. The van der Waals surface area contributed by atoms with Crippen LogP contribution in [0.2, 0.25) is 0 Å². The van der Waals surface area contributed by atoms with Gasteiger partial charge in [-0.3, -0.25) is 5.84 Å². The maximum atomic E-state index is 6.25. The summed E-state index contributed by atoms with van der Waals surface area (Å²) >= 11 is 0. The fourth-order valence-corrected chi connectivity index (χ4v) is 4.50. The van der Waals surface area contributed by atoms with Gasteiger partial charge in [-0.2, -0.15) is 0 Å². The number of nitrogens with one attached hydrogen (secondary N) is 3. The number of hydrazine groups is 1. The van der Waals surface area contributed by atoms with Crippen molar-refractivity contribution in [2.24, 2.45) is 5.84 Å². The van der Waals surface area contributed by atoms with E-state index in [-0.39, 0.29) is 0 Å². The molecule has 0 aliphatic rings. The van der Waals surface area contributed by atoms with E-state index in [1.165, 1.54) is 0 Å². The zero-order chi connectivity index (χ0) is 29.5.